The van der Waals surface area contributed by atoms with E-state index in [1.54, 1.807) is 25.1 Å². The number of nitrogens with one attached hydrogen (secondary N) is 1. The molecule has 0 bridgehead atoms. The van der Waals surface area contributed by atoms with E-state index in [1.807, 2.05) is 0 Å². The molecule has 0 spiro atoms. The Kier molecular flexibility index (Phi) is 4.70. The lowest BCUT2D eigenvalue weighted by Gasteiger charge is -2.26. The Morgan fingerprint density at radius 2 is 2.10 bits per heavy atom. The van der Waals surface area contributed by atoms with E-state index in [1.165, 1.54) is 12.8 Å². The van der Waals surface area contributed by atoms with Crippen molar-refractivity contribution in [2.24, 2.45) is 11.8 Å². The van der Waals surface area contributed by atoms with Crippen LogP contribution in [0.25, 0.3) is 0 Å². The van der Waals surface area contributed by atoms with Crippen molar-refractivity contribution in [3.8, 4) is 0 Å². The summed E-state index contributed by atoms with van der Waals surface area (Å²) in [5.41, 5.74) is 6.82. The van der Waals surface area contributed by atoms with Crippen molar-refractivity contribution in [3.63, 3.8) is 0 Å². The highest BCUT2D eigenvalue weighted by Gasteiger charge is 2.23. The molecule has 1 aromatic carbocycles. The third kappa shape index (κ3) is 3.52. The van der Waals surface area contributed by atoms with Crippen LogP contribution < -0.4 is 10.5 Å². The number of hydrogen-bond donors (Lipinski definition) is 2. The monoisotopic (exact) mass is 296 g/mol. The van der Waals surface area contributed by atoms with Crippen LogP contribution in [0.4, 0.5) is 5.69 Å². The maximum absolute atomic E-state index is 12.4. The number of aryl methyl sites for hydroxylation is 1. The number of benzene rings is 1. The molecule has 0 aromatic heterocycles. The van der Waals surface area contributed by atoms with Gasteiger partial charge in [0.2, 0.25) is 10.0 Å². The topological polar surface area (TPSA) is 72.2 Å². The molecule has 0 aliphatic heterocycles. The van der Waals surface area contributed by atoms with Crippen molar-refractivity contribution in [1.82, 2.24) is 4.72 Å². The van der Waals surface area contributed by atoms with Crippen LogP contribution in [0.3, 0.4) is 0 Å². The molecule has 0 amide bonds. The second-order valence-corrected chi connectivity index (χ2v) is 7.69. The lowest BCUT2D eigenvalue weighted by Crippen LogP contribution is -2.32. The van der Waals surface area contributed by atoms with Crippen molar-refractivity contribution < 1.29 is 8.42 Å². The van der Waals surface area contributed by atoms with E-state index in [9.17, 15) is 8.42 Å². The van der Waals surface area contributed by atoms with Gasteiger partial charge < -0.3 is 5.73 Å². The third-order valence-electron chi connectivity index (χ3n) is 4.12. The first kappa shape index (κ1) is 15.3. The normalized spacial score (nSPS) is 23.7. The molecule has 1 aliphatic rings. The maximum atomic E-state index is 12.4. The van der Waals surface area contributed by atoms with Gasteiger partial charge in [-0.1, -0.05) is 31.9 Å². The first-order valence-electron chi connectivity index (χ1n) is 7.25. The van der Waals surface area contributed by atoms with Crippen molar-refractivity contribution in [3.05, 3.63) is 23.8 Å². The SMILES string of the molecule is Cc1cccc(N)c1S(=O)(=O)NCC1CCCC(C)C1. The summed E-state index contributed by atoms with van der Waals surface area (Å²) in [5, 5.41) is 0. The largest absolute Gasteiger partial charge is 0.398 e. The van der Waals surface area contributed by atoms with Gasteiger partial charge in [0.15, 0.2) is 0 Å². The van der Waals surface area contributed by atoms with Crippen molar-refractivity contribution in [1.29, 1.82) is 0 Å². The molecule has 1 aliphatic carbocycles. The first-order valence-corrected chi connectivity index (χ1v) is 8.73. The summed E-state index contributed by atoms with van der Waals surface area (Å²) in [4.78, 5) is 0.226. The lowest BCUT2D eigenvalue weighted by molar-refractivity contribution is 0.283. The fraction of sp³-hybridized carbons (Fsp3) is 0.600. The molecule has 1 saturated carbocycles. The summed E-state index contributed by atoms with van der Waals surface area (Å²) in [6.45, 7) is 4.52. The number of hydrogen-bond acceptors (Lipinski definition) is 3. The summed E-state index contributed by atoms with van der Waals surface area (Å²) < 4.78 is 27.6. The van der Waals surface area contributed by atoms with Crippen LogP contribution in [-0.2, 0) is 10.0 Å². The summed E-state index contributed by atoms with van der Waals surface area (Å²) >= 11 is 0. The minimum atomic E-state index is -3.51. The Bertz CT molecular complexity index is 549. The lowest BCUT2D eigenvalue weighted by atomic mass is 9.83. The molecular formula is C15H24N2O2S. The highest BCUT2D eigenvalue weighted by Crippen LogP contribution is 2.29. The molecule has 1 fully saturated rings. The minimum absolute atomic E-state index is 0.226. The first-order chi connectivity index (χ1) is 9.40. The molecule has 5 heteroatoms. The standard InChI is InChI=1S/C15H24N2O2S/c1-11-5-3-7-13(9-11)10-17-20(18,19)15-12(2)6-4-8-14(15)16/h4,6,8,11,13,17H,3,5,7,9-10,16H2,1-2H3. The molecular weight excluding hydrogens is 272 g/mol. The second-order valence-electron chi connectivity index (χ2n) is 5.98. The molecule has 0 heterocycles. The molecule has 0 saturated heterocycles. The molecule has 2 atom stereocenters. The molecule has 1 aromatic rings. The zero-order valence-corrected chi connectivity index (χ0v) is 13.0. The summed E-state index contributed by atoms with van der Waals surface area (Å²) in [6.07, 6.45) is 4.66. The minimum Gasteiger partial charge on any atom is -0.398 e. The molecule has 0 radical (unpaired) electrons. The van der Waals surface area contributed by atoms with Crippen LogP contribution in [0.15, 0.2) is 23.1 Å². The van der Waals surface area contributed by atoms with Crippen molar-refractivity contribution >= 4 is 15.7 Å². The predicted octanol–water partition coefficient (Wildman–Crippen LogP) is 2.68. The highest BCUT2D eigenvalue weighted by atomic mass is 32.2. The van der Waals surface area contributed by atoms with E-state index in [2.05, 4.69) is 11.6 Å². The third-order valence-corrected chi connectivity index (χ3v) is 5.76. The van der Waals surface area contributed by atoms with Gasteiger partial charge in [-0.05, 0) is 43.2 Å². The molecule has 112 valence electrons. The molecule has 4 nitrogen and oxygen atoms in total. The zero-order chi connectivity index (χ0) is 14.8. The van der Waals surface area contributed by atoms with Crippen molar-refractivity contribution in [2.45, 2.75) is 44.4 Å². The summed E-state index contributed by atoms with van der Waals surface area (Å²) in [5.74, 6) is 1.14. The van der Waals surface area contributed by atoms with Crippen LogP contribution in [0.2, 0.25) is 0 Å². The maximum Gasteiger partial charge on any atom is 0.242 e. The Hall–Kier alpha value is -1.07. The average molecular weight is 296 g/mol. The highest BCUT2D eigenvalue weighted by molar-refractivity contribution is 7.89. The predicted molar refractivity (Wildman–Crippen MR) is 81.9 cm³/mol. The van der Waals surface area contributed by atoms with E-state index in [0.717, 1.165) is 12.8 Å². The number of nitrogen functional groups attached to an aromatic ring is 1. The Morgan fingerprint density at radius 3 is 2.75 bits per heavy atom. The van der Waals surface area contributed by atoms with Gasteiger partial charge in [0.1, 0.15) is 4.90 Å². The number of anilines is 1. The summed E-state index contributed by atoms with van der Waals surface area (Å²) in [6, 6.07) is 5.17. The number of nitrogens with two attached hydrogens (primary N) is 1. The van der Waals surface area contributed by atoms with Gasteiger partial charge >= 0.3 is 0 Å². The fourth-order valence-corrected chi connectivity index (χ4v) is 4.56. The van der Waals surface area contributed by atoms with Gasteiger partial charge in [0.05, 0.1) is 5.69 Å². The van der Waals surface area contributed by atoms with E-state index >= 15 is 0 Å². The summed E-state index contributed by atoms with van der Waals surface area (Å²) in [7, 11) is -3.51. The quantitative estimate of drug-likeness (QED) is 0.839. The molecule has 2 unspecified atom stereocenters. The van der Waals surface area contributed by atoms with Crippen molar-refractivity contribution in [2.75, 3.05) is 12.3 Å². The van der Waals surface area contributed by atoms with E-state index in [-0.39, 0.29) is 4.90 Å². The van der Waals surface area contributed by atoms with Crippen LogP contribution in [0.5, 0.6) is 0 Å². The fourth-order valence-electron chi connectivity index (χ4n) is 3.09. The number of sulfonamides is 1. The molecule has 2 rings (SSSR count). The average Bonchev–Trinajstić information content (AvgIpc) is 2.36. The Morgan fingerprint density at radius 1 is 1.35 bits per heavy atom. The van der Waals surface area contributed by atoms with E-state index in [0.29, 0.717) is 29.6 Å². The van der Waals surface area contributed by atoms with Gasteiger partial charge in [0.25, 0.3) is 0 Å². The van der Waals surface area contributed by atoms with Gasteiger partial charge in [0, 0.05) is 6.54 Å². The van der Waals surface area contributed by atoms with Gasteiger partial charge in [-0.25, -0.2) is 13.1 Å². The molecule has 3 N–H and O–H groups in total. The van der Waals surface area contributed by atoms with Crippen LogP contribution in [0, 0.1) is 18.8 Å². The van der Waals surface area contributed by atoms with Crippen LogP contribution in [0.1, 0.15) is 38.2 Å². The smallest absolute Gasteiger partial charge is 0.242 e. The van der Waals surface area contributed by atoms with Gasteiger partial charge in [-0.3, -0.25) is 0 Å². The van der Waals surface area contributed by atoms with Gasteiger partial charge in [-0.15, -0.1) is 0 Å². The Labute approximate surface area is 121 Å². The molecule has 20 heavy (non-hydrogen) atoms. The van der Waals surface area contributed by atoms with Gasteiger partial charge in [-0.2, -0.15) is 0 Å². The van der Waals surface area contributed by atoms with E-state index in [4.69, 9.17) is 5.73 Å². The van der Waals surface area contributed by atoms with E-state index < -0.39 is 10.0 Å². The van der Waals surface area contributed by atoms with Crippen LogP contribution >= 0.6 is 0 Å². The van der Waals surface area contributed by atoms with Crippen LogP contribution in [-0.4, -0.2) is 15.0 Å². The number of rotatable bonds is 4. The second kappa shape index (κ2) is 6.14. The Balaban J connectivity index is 2.08. The zero-order valence-electron chi connectivity index (χ0n) is 12.2.